The van der Waals surface area contributed by atoms with Gasteiger partial charge in [0.2, 0.25) is 0 Å². The third kappa shape index (κ3) is 6.07. The molecule has 0 aliphatic rings. The Balaban J connectivity index is 0.00000107. The molecule has 0 bridgehead atoms. The molecule has 0 saturated carbocycles. The summed E-state index contributed by atoms with van der Waals surface area (Å²) in [6.45, 7) is 13.7. The van der Waals surface area contributed by atoms with Gasteiger partial charge in [0.25, 0.3) is 0 Å². The molecular weight excluding hydrogens is 554 g/mol. The molecule has 0 unspecified atom stereocenters. The van der Waals surface area contributed by atoms with Gasteiger partial charge in [-0.25, -0.2) is 9.97 Å². The molecule has 0 aliphatic carbocycles. The Labute approximate surface area is 241 Å². The van der Waals surface area contributed by atoms with E-state index in [1.54, 1.807) is 0 Å². The van der Waals surface area contributed by atoms with Crippen LogP contribution >= 0.6 is 20.3 Å². The first-order valence-electron chi connectivity index (χ1n) is 13.0. The van der Waals surface area contributed by atoms with Gasteiger partial charge < -0.3 is 0 Å². The van der Waals surface area contributed by atoms with E-state index in [2.05, 4.69) is 114 Å². The van der Waals surface area contributed by atoms with E-state index in [0.29, 0.717) is 30.6 Å². The Morgan fingerprint density at radius 2 is 1.03 bits per heavy atom. The second-order valence-electron chi connectivity index (χ2n) is 10.6. The van der Waals surface area contributed by atoms with Crippen molar-refractivity contribution in [1.29, 1.82) is 0 Å². The minimum atomic E-state index is 0.382. The Hall–Kier alpha value is -2.43. The Kier molecular flexibility index (Phi) is 9.48. The third-order valence-corrected chi connectivity index (χ3v) is 6.98. The number of aromatic nitrogens is 2. The van der Waals surface area contributed by atoms with Crippen molar-refractivity contribution in [3.63, 3.8) is 0 Å². The summed E-state index contributed by atoms with van der Waals surface area (Å²) in [5.74, 6) is 1.32. The molecule has 2 aromatic heterocycles. The van der Waals surface area contributed by atoms with E-state index >= 15 is 0 Å². The average molecular weight is 588 g/mol. The third-order valence-electron chi connectivity index (χ3n) is 6.98. The van der Waals surface area contributed by atoms with E-state index < -0.39 is 0 Å². The Morgan fingerprint density at radius 1 is 0.579 bits per heavy atom. The van der Waals surface area contributed by atoms with Crippen molar-refractivity contribution in [1.82, 2.24) is 9.97 Å². The fourth-order valence-corrected chi connectivity index (χ4v) is 4.93. The van der Waals surface area contributed by atoms with Gasteiger partial charge in [-0.2, -0.15) is 0 Å². The second-order valence-corrected chi connectivity index (χ2v) is 12.3. The number of rotatable bonds is 5. The van der Waals surface area contributed by atoms with Crippen LogP contribution in [0, 0.1) is 0 Å². The maximum absolute atomic E-state index is 5.31. The Bertz CT molecular complexity index is 1520. The number of hydrogen-bond acceptors (Lipinski definition) is 2. The summed E-state index contributed by atoms with van der Waals surface area (Å²) >= 11 is 0.382. The zero-order chi connectivity index (χ0) is 27.4. The molecule has 0 aliphatic heterocycles. The van der Waals surface area contributed by atoms with Crippen molar-refractivity contribution < 1.29 is 12.9 Å². The number of nitrogens with zero attached hydrogens (tertiary/aromatic N) is 2. The van der Waals surface area contributed by atoms with Crippen LogP contribution in [0.3, 0.4) is 0 Å². The van der Waals surface area contributed by atoms with E-state index in [-0.39, 0.29) is 0 Å². The van der Waals surface area contributed by atoms with Crippen LogP contribution in [0.25, 0.3) is 44.3 Å². The minimum absolute atomic E-state index is 0.382. The summed E-state index contributed by atoms with van der Waals surface area (Å²) in [5, 5.41) is 2.24. The predicted octanol–water partition coefficient (Wildman–Crippen LogP) is 10.9. The first-order valence-corrected chi connectivity index (χ1v) is 15.9. The number of fused-ring (bicyclic) bond motifs is 3. The summed E-state index contributed by atoms with van der Waals surface area (Å²) < 4.78 is 0. The van der Waals surface area contributed by atoms with E-state index in [4.69, 9.17) is 30.3 Å². The molecule has 0 saturated heterocycles. The molecular formula is C33H34Cl2CoN2. The standard InChI is InChI=1S/C33H34N2.2ClH.Co/c1-20(2)26-18-27(21(3)4)31(28(19-26)22(5)6)30-17-15-25-13-12-24-14-16-29(23-10-8-7-9-11-23)34-32(24)33(25)35-30;;;/h7-22H,1-6H3;2*1H;/q;;;+2/p-2. The summed E-state index contributed by atoms with van der Waals surface area (Å²) in [6, 6.07) is 28.1. The topological polar surface area (TPSA) is 25.8 Å². The Morgan fingerprint density at radius 3 is 1.50 bits per heavy atom. The SMILES string of the molecule is CC(C)c1cc(C(C)C)c(-c2ccc3ccc4ccc(-c5ccccc5)nc4c3n2)c(C(C)C)c1.[Cl][Co][Cl]. The van der Waals surface area contributed by atoms with Crippen LogP contribution in [-0.2, 0) is 12.9 Å². The van der Waals surface area contributed by atoms with Crippen molar-refractivity contribution in [2.75, 3.05) is 0 Å². The van der Waals surface area contributed by atoms with Crippen molar-refractivity contribution in [2.24, 2.45) is 0 Å². The summed E-state index contributed by atoms with van der Waals surface area (Å²) in [5.41, 5.74) is 10.5. The molecule has 0 atom stereocenters. The zero-order valence-corrected chi connectivity index (χ0v) is 25.3. The molecule has 3 aromatic carbocycles. The molecule has 0 radical (unpaired) electrons. The molecule has 5 aromatic rings. The van der Waals surface area contributed by atoms with E-state index in [9.17, 15) is 0 Å². The summed E-state index contributed by atoms with van der Waals surface area (Å²) in [4.78, 5) is 10.4. The van der Waals surface area contributed by atoms with Gasteiger partial charge in [-0.3, -0.25) is 0 Å². The normalized spacial score (nSPS) is 11.6. The van der Waals surface area contributed by atoms with Crippen molar-refractivity contribution >= 4 is 42.1 Å². The molecule has 5 rings (SSSR count). The molecule has 0 amide bonds. The van der Waals surface area contributed by atoms with Gasteiger partial charge in [0.15, 0.2) is 0 Å². The first-order chi connectivity index (χ1) is 18.2. The van der Waals surface area contributed by atoms with Crippen LogP contribution in [0.5, 0.6) is 0 Å². The van der Waals surface area contributed by atoms with Crippen molar-refractivity contribution in [2.45, 2.75) is 59.3 Å². The van der Waals surface area contributed by atoms with Gasteiger partial charge >= 0.3 is 33.2 Å². The second kappa shape index (κ2) is 12.6. The van der Waals surface area contributed by atoms with Crippen molar-refractivity contribution in [3.8, 4) is 22.5 Å². The molecule has 0 N–H and O–H groups in total. The molecule has 2 nitrogen and oxygen atoms in total. The maximum atomic E-state index is 5.31. The van der Waals surface area contributed by atoms with Gasteiger partial charge in [-0.1, -0.05) is 108 Å². The molecule has 5 heteroatoms. The zero-order valence-electron chi connectivity index (χ0n) is 22.7. The monoisotopic (exact) mass is 587 g/mol. The average Bonchev–Trinajstić information content (AvgIpc) is 2.92. The number of halogens is 2. The quantitative estimate of drug-likeness (QED) is 0.191. The van der Waals surface area contributed by atoms with Gasteiger partial charge in [-0.05, 0) is 46.6 Å². The van der Waals surface area contributed by atoms with Crippen LogP contribution in [0.1, 0.15) is 76.0 Å². The molecule has 199 valence electrons. The number of hydrogen-bond donors (Lipinski definition) is 0. The number of benzene rings is 3. The van der Waals surface area contributed by atoms with Crippen LogP contribution in [0.4, 0.5) is 0 Å². The molecule has 0 fully saturated rings. The van der Waals surface area contributed by atoms with E-state index in [0.717, 1.165) is 38.8 Å². The van der Waals surface area contributed by atoms with E-state index in [1.165, 1.54) is 22.3 Å². The van der Waals surface area contributed by atoms with Gasteiger partial charge in [0, 0.05) is 21.9 Å². The summed E-state index contributed by atoms with van der Waals surface area (Å²) in [6.07, 6.45) is 0. The van der Waals surface area contributed by atoms with E-state index in [1.807, 2.05) is 6.07 Å². The van der Waals surface area contributed by atoms with Crippen LogP contribution in [-0.4, -0.2) is 9.97 Å². The molecule has 0 spiro atoms. The molecule has 38 heavy (non-hydrogen) atoms. The first kappa shape index (κ1) is 28.6. The van der Waals surface area contributed by atoms with Crippen LogP contribution in [0.2, 0.25) is 0 Å². The fraction of sp³-hybridized carbons (Fsp3) is 0.273. The van der Waals surface area contributed by atoms with Crippen LogP contribution in [0.15, 0.2) is 78.9 Å². The number of pyridine rings is 2. The fourth-order valence-electron chi connectivity index (χ4n) is 4.93. The molecule has 2 heterocycles. The van der Waals surface area contributed by atoms with Crippen LogP contribution < -0.4 is 0 Å². The van der Waals surface area contributed by atoms with Gasteiger partial charge in [0.1, 0.15) is 0 Å². The summed E-state index contributed by atoms with van der Waals surface area (Å²) in [7, 11) is 9.47. The van der Waals surface area contributed by atoms with Crippen molar-refractivity contribution in [3.05, 3.63) is 95.6 Å². The van der Waals surface area contributed by atoms with Gasteiger partial charge in [0.05, 0.1) is 22.4 Å². The van der Waals surface area contributed by atoms with Gasteiger partial charge in [-0.15, -0.1) is 0 Å². The predicted molar refractivity (Wildman–Crippen MR) is 162 cm³/mol.